The first-order chi connectivity index (χ1) is 19.4. The minimum Gasteiger partial charge on any atom is -0.465 e. The van der Waals surface area contributed by atoms with Crippen LogP contribution < -0.4 is 0 Å². The van der Waals surface area contributed by atoms with Crippen molar-refractivity contribution in [3.8, 4) is 0 Å². The summed E-state index contributed by atoms with van der Waals surface area (Å²) >= 11 is 0. The van der Waals surface area contributed by atoms with E-state index in [1.807, 2.05) is 6.92 Å². The van der Waals surface area contributed by atoms with Crippen molar-refractivity contribution in [1.82, 2.24) is 0 Å². The van der Waals surface area contributed by atoms with Gasteiger partial charge in [-0.25, -0.2) is 4.39 Å². The number of carbonyl (C=O) groups is 4. The van der Waals surface area contributed by atoms with E-state index in [-0.39, 0.29) is 54.9 Å². The van der Waals surface area contributed by atoms with Crippen LogP contribution in [-0.2, 0) is 33.4 Å². The molecule has 0 aromatic rings. The monoisotopic (exact) mass is 588 g/mol. The lowest BCUT2D eigenvalue weighted by Gasteiger charge is -2.74. The van der Waals surface area contributed by atoms with E-state index >= 15 is 4.39 Å². The van der Waals surface area contributed by atoms with Crippen molar-refractivity contribution < 1.29 is 37.8 Å². The molecule has 6 aliphatic rings. The summed E-state index contributed by atoms with van der Waals surface area (Å²) in [5.41, 5.74) is -4.34. The first-order valence-electron chi connectivity index (χ1n) is 16.2. The number of fused-ring (bicyclic) bond motifs is 4. The standard InChI is InChI=1S/C34H49FO7/c1-18-9-12-33-14-13-32(8)31(7)11-10-23-29(5,16-22(38)27(41-21(4)37)30(23,6)17-40-20(3)36)24(31)15-25(35)34(32,42-28(33)39)26(33)19(18)2/h18-19,23-27H,9-17H2,1-8H3/t18-,19+,23-,24-,25-,26-,27+,29+,30+,31-,32+,33+,34+/m1/s1. The van der Waals surface area contributed by atoms with Gasteiger partial charge >= 0.3 is 17.9 Å². The third kappa shape index (κ3) is 3.33. The molecule has 6 fully saturated rings. The SMILES string of the molecule is CC(=O)OC[C@@]1(C)[C@@H]2CC[C@]3(C)[C@H](C[C@@H](F)[C@]45OC(=O)[C@@]6(CC[C@@H](C)[C@H](C)[C@H]64)CC[C@]53C)[C@@]2(C)CC(=O)[C@@H]1OC(C)=O. The van der Waals surface area contributed by atoms with Crippen LogP contribution in [0.4, 0.5) is 4.39 Å². The summed E-state index contributed by atoms with van der Waals surface area (Å²) in [7, 11) is 0. The Hall–Kier alpha value is -1.99. The maximum Gasteiger partial charge on any atom is 0.313 e. The van der Waals surface area contributed by atoms with Gasteiger partial charge in [0.15, 0.2) is 17.5 Å². The Morgan fingerprint density at radius 3 is 2.29 bits per heavy atom. The van der Waals surface area contributed by atoms with Crippen molar-refractivity contribution in [2.24, 2.45) is 56.7 Å². The quantitative estimate of drug-likeness (QED) is 0.295. The van der Waals surface area contributed by atoms with Crippen molar-refractivity contribution >= 4 is 23.7 Å². The van der Waals surface area contributed by atoms with Crippen LogP contribution in [0.15, 0.2) is 0 Å². The third-order valence-electron chi connectivity index (χ3n) is 14.7. The summed E-state index contributed by atoms with van der Waals surface area (Å²) in [4.78, 5) is 51.8. The number of carbonyl (C=O) groups excluding carboxylic acids is 4. The number of ketones is 1. The minimum atomic E-state index is -1.35. The van der Waals surface area contributed by atoms with E-state index in [0.717, 1.165) is 32.1 Å². The summed E-state index contributed by atoms with van der Waals surface area (Å²) in [5, 5.41) is 0. The molecule has 1 heterocycles. The third-order valence-corrected chi connectivity index (χ3v) is 14.7. The topological polar surface area (TPSA) is 96.0 Å². The molecule has 1 saturated heterocycles. The first kappa shape index (κ1) is 30.1. The molecule has 2 bridgehead atoms. The highest BCUT2D eigenvalue weighted by Crippen LogP contribution is 2.81. The molecular weight excluding hydrogens is 539 g/mol. The summed E-state index contributed by atoms with van der Waals surface area (Å²) in [6.45, 7) is 15.5. The van der Waals surface area contributed by atoms with Crippen molar-refractivity contribution in [3.63, 3.8) is 0 Å². The van der Waals surface area contributed by atoms with Gasteiger partial charge in [0.05, 0.1) is 5.41 Å². The molecule has 234 valence electrons. The van der Waals surface area contributed by atoms with Crippen LogP contribution in [0.1, 0.15) is 107 Å². The van der Waals surface area contributed by atoms with E-state index in [4.69, 9.17) is 14.2 Å². The van der Waals surface area contributed by atoms with Gasteiger partial charge in [-0.1, -0.05) is 41.5 Å². The fourth-order valence-electron chi connectivity index (χ4n) is 12.6. The van der Waals surface area contributed by atoms with Gasteiger partial charge in [0, 0.05) is 37.0 Å². The lowest BCUT2D eigenvalue weighted by molar-refractivity contribution is -0.309. The van der Waals surface area contributed by atoms with Gasteiger partial charge < -0.3 is 14.2 Å². The largest absolute Gasteiger partial charge is 0.465 e. The zero-order valence-electron chi connectivity index (χ0n) is 26.6. The summed E-state index contributed by atoms with van der Waals surface area (Å²) in [5.74, 6) is -1.31. The van der Waals surface area contributed by atoms with Crippen LogP contribution in [0.2, 0.25) is 0 Å². The van der Waals surface area contributed by atoms with Gasteiger partial charge in [0.1, 0.15) is 12.8 Å². The van der Waals surface area contributed by atoms with Crippen LogP contribution in [0.25, 0.3) is 0 Å². The van der Waals surface area contributed by atoms with Crippen LogP contribution >= 0.6 is 0 Å². The molecule has 1 aliphatic heterocycles. The van der Waals surface area contributed by atoms with E-state index in [1.54, 1.807) is 0 Å². The summed E-state index contributed by atoms with van der Waals surface area (Å²) in [6, 6.07) is 0. The first-order valence-corrected chi connectivity index (χ1v) is 16.2. The van der Waals surface area contributed by atoms with Gasteiger partial charge in [-0.15, -0.1) is 0 Å². The number of alkyl halides is 1. The molecule has 0 aromatic carbocycles. The smallest absolute Gasteiger partial charge is 0.313 e. The van der Waals surface area contributed by atoms with E-state index in [1.165, 1.54) is 13.8 Å². The van der Waals surface area contributed by atoms with Gasteiger partial charge in [-0.3, -0.25) is 19.2 Å². The highest BCUT2D eigenvalue weighted by atomic mass is 19.1. The average Bonchev–Trinajstić information content (AvgIpc) is 3.12. The Labute approximate surface area is 249 Å². The van der Waals surface area contributed by atoms with Crippen molar-refractivity contribution in [2.45, 2.75) is 125 Å². The van der Waals surface area contributed by atoms with Gasteiger partial charge in [-0.2, -0.15) is 0 Å². The lowest BCUT2D eigenvalue weighted by atomic mass is 9.30. The van der Waals surface area contributed by atoms with Crippen LogP contribution in [-0.4, -0.2) is 48.2 Å². The second-order valence-electron chi connectivity index (χ2n) is 16.2. The van der Waals surface area contributed by atoms with Crippen molar-refractivity contribution in [1.29, 1.82) is 0 Å². The van der Waals surface area contributed by atoms with E-state index in [9.17, 15) is 19.2 Å². The Kier molecular flexibility index (Phi) is 6.46. The summed E-state index contributed by atoms with van der Waals surface area (Å²) < 4.78 is 35.2. The number of esters is 3. The molecule has 5 aliphatic carbocycles. The molecule has 6 rings (SSSR count). The molecule has 0 radical (unpaired) electrons. The fraction of sp³-hybridized carbons (Fsp3) is 0.882. The predicted octanol–water partition coefficient (Wildman–Crippen LogP) is 6.01. The second kappa shape index (κ2) is 9.03. The van der Waals surface area contributed by atoms with E-state index < -0.39 is 56.9 Å². The molecule has 13 atom stereocenters. The zero-order valence-corrected chi connectivity index (χ0v) is 26.6. The normalized spacial score (nSPS) is 54.5. The van der Waals surface area contributed by atoms with E-state index in [2.05, 4.69) is 34.6 Å². The minimum absolute atomic E-state index is 0.0480. The average molecular weight is 589 g/mol. The van der Waals surface area contributed by atoms with Gasteiger partial charge in [-0.05, 0) is 79.4 Å². The summed E-state index contributed by atoms with van der Waals surface area (Å²) in [6.07, 6.45) is 2.66. The number of Topliss-reactive ketones (excluding diaryl/α,β-unsaturated/α-hetero) is 1. The zero-order chi connectivity index (χ0) is 30.8. The van der Waals surface area contributed by atoms with Crippen molar-refractivity contribution in [2.75, 3.05) is 6.61 Å². The second-order valence-corrected chi connectivity index (χ2v) is 16.2. The highest BCUT2D eigenvalue weighted by Gasteiger charge is 2.84. The maximum atomic E-state index is 17.4. The highest BCUT2D eigenvalue weighted by molar-refractivity contribution is 5.88. The molecule has 5 saturated carbocycles. The molecule has 0 aromatic heterocycles. The maximum absolute atomic E-state index is 17.4. The fourth-order valence-corrected chi connectivity index (χ4v) is 12.6. The Bertz CT molecular complexity index is 1230. The molecule has 7 nitrogen and oxygen atoms in total. The van der Waals surface area contributed by atoms with Gasteiger partial charge in [0.25, 0.3) is 0 Å². The molecule has 8 heteroatoms. The predicted molar refractivity (Wildman–Crippen MR) is 152 cm³/mol. The lowest BCUT2D eigenvalue weighted by Crippen LogP contribution is -2.76. The number of halogens is 1. The Morgan fingerprint density at radius 2 is 1.64 bits per heavy atom. The number of hydrogen-bond donors (Lipinski definition) is 0. The molecule has 0 amide bonds. The number of hydrogen-bond acceptors (Lipinski definition) is 7. The molecule has 42 heavy (non-hydrogen) atoms. The number of rotatable bonds is 3. The van der Waals surface area contributed by atoms with Crippen molar-refractivity contribution in [3.05, 3.63) is 0 Å². The Balaban J connectivity index is 1.46. The molecule has 0 unspecified atom stereocenters. The number of ether oxygens (including phenoxy) is 3. The van der Waals surface area contributed by atoms with Gasteiger partial charge in [0.2, 0.25) is 0 Å². The van der Waals surface area contributed by atoms with E-state index in [0.29, 0.717) is 12.3 Å². The molecule has 1 spiro atoms. The van der Waals surface area contributed by atoms with Crippen LogP contribution in [0.3, 0.4) is 0 Å². The molecular formula is C34H49FO7. The molecule has 0 N–H and O–H groups in total. The Morgan fingerprint density at radius 1 is 0.952 bits per heavy atom. The van der Waals surface area contributed by atoms with Crippen LogP contribution in [0.5, 0.6) is 0 Å². The van der Waals surface area contributed by atoms with Crippen LogP contribution in [0, 0.1) is 56.7 Å².